The van der Waals surface area contributed by atoms with Crippen molar-refractivity contribution >= 4 is 0 Å². The Bertz CT molecular complexity index is 92.0. The second-order valence-corrected chi connectivity index (χ2v) is 4.10. The van der Waals surface area contributed by atoms with Crippen LogP contribution in [0, 0.1) is 5.92 Å². The number of hydrogen-bond donors (Lipinski definition) is 1. The molecule has 1 N–H and O–H groups in total. The Morgan fingerprint density at radius 2 is 1.75 bits per heavy atom. The largest absolute Gasteiger partial charge is 0.383 e. The van der Waals surface area contributed by atoms with Gasteiger partial charge in [0.2, 0.25) is 0 Å². The van der Waals surface area contributed by atoms with Crippen LogP contribution >= 0.6 is 0 Å². The van der Waals surface area contributed by atoms with Crippen molar-refractivity contribution in [3.63, 3.8) is 0 Å². The molecule has 0 fully saturated rings. The van der Waals surface area contributed by atoms with Gasteiger partial charge in [-0.2, -0.15) is 0 Å². The van der Waals surface area contributed by atoms with Crippen molar-refractivity contribution < 1.29 is 4.74 Å². The van der Waals surface area contributed by atoms with E-state index >= 15 is 0 Å². The topological polar surface area (TPSA) is 21.3 Å². The molecule has 0 aromatic rings. The maximum atomic E-state index is 5.14. The average molecular weight is 173 g/mol. The lowest BCUT2D eigenvalue weighted by Crippen LogP contribution is -2.38. The molecule has 0 bridgehead atoms. The smallest absolute Gasteiger partial charge is 0.0616 e. The van der Waals surface area contributed by atoms with Crippen LogP contribution in [0.3, 0.4) is 0 Å². The highest BCUT2D eigenvalue weighted by Gasteiger charge is 2.10. The van der Waals surface area contributed by atoms with Crippen molar-refractivity contribution in [1.82, 2.24) is 5.32 Å². The van der Waals surface area contributed by atoms with Gasteiger partial charge in [0.15, 0.2) is 0 Å². The summed E-state index contributed by atoms with van der Waals surface area (Å²) in [6.45, 7) is 9.64. The van der Waals surface area contributed by atoms with E-state index in [1.807, 2.05) is 0 Å². The molecule has 0 radical (unpaired) electrons. The predicted octanol–water partition coefficient (Wildman–Crippen LogP) is 2.05. The molecule has 0 saturated heterocycles. The molecule has 0 rings (SSSR count). The van der Waals surface area contributed by atoms with Crippen LogP contribution in [0.5, 0.6) is 0 Å². The van der Waals surface area contributed by atoms with Crippen molar-refractivity contribution in [3.05, 3.63) is 0 Å². The van der Waals surface area contributed by atoms with Gasteiger partial charge in [-0.25, -0.2) is 0 Å². The van der Waals surface area contributed by atoms with Gasteiger partial charge >= 0.3 is 0 Å². The summed E-state index contributed by atoms with van der Waals surface area (Å²) in [6.07, 6.45) is 1.19. The monoisotopic (exact) mass is 173 g/mol. The van der Waals surface area contributed by atoms with E-state index in [4.69, 9.17) is 4.74 Å². The van der Waals surface area contributed by atoms with E-state index < -0.39 is 0 Å². The fourth-order valence-electron chi connectivity index (χ4n) is 1.43. The zero-order valence-electron chi connectivity index (χ0n) is 9.05. The lowest BCUT2D eigenvalue weighted by molar-refractivity contribution is 0.152. The molecule has 2 nitrogen and oxygen atoms in total. The first-order valence-corrected chi connectivity index (χ1v) is 4.81. The van der Waals surface area contributed by atoms with Crippen LogP contribution in [0.2, 0.25) is 0 Å². The van der Waals surface area contributed by atoms with Crippen molar-refractivity contribution in [1.29, 1.82) is 0 Å². The summed E-state index contributed by atoms with van der Waals surface area (Å²) in [5, 5.41) is 3.49. The van der Waals surface area contributed by atoms with E-state index in [1.165, 1.54) is 6.42 Å². The van der Waals surface area contributed by atoms with E-state index in [0.717, 1.165) is 12.5 Å². The second-order valence-electron chi connectivity index (χ2n) is 4.10. The van der Waals surface area contributed by atoms with Crippen LogP contribution in [0.15, 0.2) is 0 Å². The fourth-order valence-corrected chi connectivity index (χ4v) is 1.43. The minimum Gasteiger partial charge on any atom is -0.383 e. The van der Waals surface area contributed by atoms with E-state index in [2.05, 4.69) is 33.0 Å². The molecule has 0 spiro atoms. The van der Waals surface area contributed by atoms with Gasteiger partial charge in [-0.05, 0) is 12.3 Å². The van der Waals surface area contributed by atoms with Crippen molar-refractivity contribution in [2.75, 3.05) is 13.7 Å². The van der Waals surface area contributed by atoms with Gasteiger partial charge in [0, 0.05) is 19.2 Å². The van der Waals surface area contributed by atoms with Gasteiger partial charge in [0.1, 0.15) is 0 Å². The summed E-state index contributed by atoms with van der Waals surface area (Å²) in [5.74, 6) is 0.733. The molecule has 0 amide bonds. The number of rotatable bonds is 6. The third kappa shape index (κ3) is 6.62. The molecule has 0 aromatic heterocycles. The summed E-state index contributed by atoms with van der Waals surface area (Å²) >= 11 is 0. The quantitative estimate of drug-likeness (QED) is 0.663. The SMILES string of the molecule is COC[C@@H](CC(C)C)NC(C)C. The van der Waals surface area contributed by atoms with Crippen LogP contribution in [0.4, 0.5) is 0 Å². The van der Waals surface area contributed by atoms with Crippen LogP contribution in [0.1, 0.15) is 34.1 Å². The minimum atomic E-state index is 0.509. The standard InChI is InChI=1S/C10H23NO/c1-8(2)6-10(7-12-5)11-9(3)4/h8-11H,6-7H2,1-5H3/t10-/m1/s1. The Morgan fingerprint density at radius 3 is 2.08 bits per heavy atom. The summed E-state index contributed by atoms with van der Waals surface area (Å²) < 4.78 is 5.14. The van der Waals surface area contributed by atoms with Gasteiger partial charge in [-0.1, -0.05) is 27.7 Å². The molecule has 0 unspecified atom stereocenters. The Labute approximate surface area is 76.7 Å². The van der Waals surface area contributed by atoms with E-state index in [1.54, 1.807) is 7.11 Å². The van der Waals surface area contributed by atoms with E-state index in [-0.39, 0.29) is 0 Å². The Morgan fingerprint density at radius 1 is 1.17 bits per heavy atom. The third-order valence-electron chi connectivity index (χ3n) is 1.69. The first-order chi connectivity index (χ1) is 5.56. The number of nitrogens with one attached hydrogen (secondary N) is 1. The highest BCUT2D eigenvalue weighted by Crippen LogP contribution is 2.05. The first-order valence-electron chi connectivity index (χ1n) is 4.81. The molecule has 0 aliphatic rings. The molecule has 0 heterocycles. The lowest BCUT2D eigenvalue weighted by Gasteiger charge is -2.22. The maximum absolute atomic E-state index is 5.14. The number of hydrogen-bond acceptors (Lipinski definition) is 2. The highest BCUT2D eigenvalue weighted by molar-refractivity contribution is 4.69. The Balaban J connectivity index is 3.69. The molecular weight excluding hydrogens is 150 g/mol. The summed E-state index contributed by atoms with van der Waals surface area (Å²) in [6, 6.07) is 1.05. The van der Waals surface area contributed by atoms with Crippen molar-refractivity contribution in [2.24, 2.45) is 5.92 Å². The molecule has 74 valence electrons. The van der Waals surface area contributed by atoms with Gasteiger partial charge in [0.25, 0.3) is 0 Å². The second kappa shape index (κ2) is 6.44. The molecule has 1 atom stereocenters. The Kier molecular flexibility index (Phi) is 6.39. The molecule has 0 saturated carbocycles. The predicted molar refractivity (Wildman–Crippen MR) is 53.4 cm³/mol. The zero-order valence-corrected chi connectivity index (χ0v) is 9.05. The summed E-state index contributed by atoms with van der Waals surface area (Å²) in [7, 11) is 1.76. The van der Waals surface area contributed by atoms with Gasteiger partial charge < -0.3 is 10.1 Å². The highest BCUT2D eigenvalue weighted by atomic mass is 16.5. The fraction of sp³-hybridized carbons (Fsp3) is 1.00. The average Bonchev–Trinajstić information content (AvgIpc) is 1.84. The van der Waals surface area contributed by atoms with Gasteiger partial charge in [0.05, 0.1) is 6.61 Å². The van der Waals surface area contributed by atoms with Crippen LogP contribution < -0.4 is 5.32 Å². The first kappa shape index (κ1) is 11.9. The zero-order chi connectivity index (χ0) is 9.56. The lowest BCUT2D eigenvalue weighted by atomic mass is 10.0. The van der Waals surface area contributed by atoms with Crippen molar-refractivity contribution in [2.45, 2.75) is 46.2 Å². The normalized spacial score (nSPS) is 14.2. The molecular formula is C10H23NO. The third-order valence-corrected chi connectivity index (χ3v) is 1.69. The number of methoxy groups -OCH3 is 1. The summed E-state index contributed by atoms with van der Waals surface area (Å²) in [4.78, 5) is 0. The van der Waals surface area contributed by atoms with Crippen LogP contribution in [-0.2, 0) is 4.74 Å². The van der Waals surface area contributed by atoms with Gasteiger partial charge in [-0.15, -0.1) is 0 Å². The van der Waals surface area contributed by atoms with Gasteiger partial charge in [-0.3, -0.25) is 0 Å². The molecule has 0 aliphatic heterocycles. The van der Waals surface area contributed by atoms with Crippen molar-refractivity contribution in [3.8, 4) is 0 Å². The Hall–Kier alpha value is -0.0800. The molecule has 12 heavy (non-hydrogen) atoms. The minimum absolute atomic E-state index is 0.509. The number of ether oxygens (including phenoxy) is 1. The summed E-state index contributed by atoms with van der Waals surface area (Å²) in [5.41, 5.74) is 0. The van der Waals surface area contributed by atoms with Crippen LogP contribution in [-0.4, -0.2) is 25.8 Å². The van der Waals surface area contributed by atoms with E-state index in [0.29, 0.717) is 12.1 Å². The molecule has 0 aromatic carbocycles. The van der Waals surface area contributed by atoms with Crippen LogP contribution in [0.25, 0.3) is 0 Å². The maximum Gasteiger partial charge on any atom is 0.0616 e. The molecule has 2 heteroatoms. The van der Waals surface area contributed by atoms with E-state index in [9.17, 15) is 0 Å². The molecule has 0 aliphatic carbocycles.